The van der Waals surface area contributed by atoms with Gasteiger partial charge in [-0.05, 0) is 57.9 Å². The van der Waals surface area contributed by atoms with Crippen LogP contribution in [0, 0.1) is 12.7 Å². The fourth-order valence-corrected chi connectivity index (χ4v) is 4.09. The molecule has 0 aliphatic carbocycles. The first-order valence-electron chi connectivity index (χ1n) is 11.4. The van der Waals surface area contributed by atoms with Gasteiger partial charge in [0.25, 0.3) is 5.91 Å². The number of nitrogens with one attached hydrogen (secondary N) is 1. The van der Waals surface area contributed by atoms with E-state index in [0.29, 0.717) is 48.9 Å². The van der Waals surface area contributed by atoms with Crippen LogP contribution in [0.3, 0.4) is 0 Å². The van der Waals surface area contributed by atoms with E-state index in [9.17, 15) is 9.18 Å². The zero-order valence-electron chi connectivity index (χ0n) is 20.2. The summed E-state index contributed by atoms with van der Waals surface area (Å²) >= 11 is 0. The molecular formula is C25H32FN5O2. The summed E-state index contributed by atoms with van der Waals surface area (Å²) in [5, 5.41) is 8.28. The molecule has 0 bridgehead atoms. The Hall–Kier alpha value is -3.00. The number of benzene rings is 1. The lowest BCUT2D eigenvalue weighted by atomic mass is 10.0. The number of amides is 1. The number of halogens is 1. The standard InChI is InChI=1S/C25H32FN5O2/c1-15(2)20-14-18(22-16(3)29-31(23(22)28-20)25(4,5)6)24(32)27-17-7-8-21(19(26)13-17)30-9-11-33-12-10-30/h7-8,13-15H,9-12H2,1-6H3,(H,27,32). The highest BCUT2D eigenvalue weighted by molar-refractivity contribution is 6.12. The van der Waals surface area contributed by atoms with Gasteiger partial charge in [0.2, 0.25) is 0 Å². The maximum absolute atomic E-state index is 14.9. The maximum atomic E-state index is 14.9. The number of ether oxygens (including phenoxy) is 1. The number of carbonyl (C=O) groups is 1. The lowest BCUT2D eigenvalue weighted by molar-refractivity contribution is 0.102. The summed E-state index contributed by atoms with van der Waals surface area (Å²) in [5.41, 5.74) is 3.37. The zero-order chi connectivity index (χ0) is 23.9. The van der Waals surface area contributed by atoms with Crippen molar-refractivity contribution in [3.63, 3.8) is 0 Å². The molecule has 7 nitrogen and oxygen atoms in total. The normalized spacial score (nSPS) is 14.8. The van der Waals surface area contributed by atoms with Crippen molar-refractivity contribution in [1.29, 1.82) is 0 Å². The highest BCUT2D eigenvalue weighted by Gasteiger charge is 2.25. The first-order chi connectivity index (χ1) is 15.6. The minimum Gasteiger partial charge on any atom is -0.378 e. The first kappa shape index (κ1) is 23.2. The van der Waals surface area contributed by atoms with Crippen LogP contribution in [0.4, 0.5) is 15.8 Å². The van der Waals surface area contributed by atoms with Crippen LogP contribution in [0.25, 0.3) is 11.0 Å². The van der Waals surface area contributed by atoms with Crippen molar-refractivity contribution in [3.05, 3.63) is 47.0 Å². The number of rotatable bonds is 4. The van der Waals surface area contributed by atoms with E-state index in [1.54, 1.807) is 12.1 Å². The van der Waals surface area contributed by atoms with Crippen molar-refractivity contribution >= 4 is 28.3 Å². The fourth-order valence-electron chi connectivity index (χ4n) is 4.09. The molecule has 0 spiro atoms. The lowest BCUT2D eigenvalue weighted by Crippen LogP contribution is -2.36. The Morgan fingerprint density at radius 1 is 1.18 bits per heavy atom. The van der Waals surface area contributed by atoms with Crippen LogP contribution in [0.1, 0.15) is 62.3 Å². The summed E-state index contributed by atoms with van der Waals surface area (Å²) in [6, 6.07) is 6.64. The van der Waals surface area contributed by atoms with Gasteiger partial charge in [-0.1, -0.05) is 13.8 Å². The Balaban J connectivity index is 1.71. The fraction of sp³-hybridized carbons (Fsp3) is 0.480. The molecule has 3 aromatic rings. The molecule has 0 unspecified atom stereocenters. The second kappa shape index (κ2) is 8.74. The minimum atomic E-state index is -0.367. The number of anilines is 2. The van der Waals surface area contributed by atoms with Gasteiger partial charge >= 0.3 is 0 Å². The second-order valence-corrected chi connectivity index (χ2v) is 9.84. The zero-order valence-corrected chi connectivity index (χ0v) is 20.2. The van der Waals surface area contributed by atoms with E-state index >= 15 is 0 Å². The highest BCUT2D eigenvalue weighted by atomic mass is 19.1. The first-order valence-corrected chi connectivity index (χ1v) is 11.4. The molecule has 4 rings (SSSR count). The summed E-state index contributed by atoms with van der Waals surface area (Å²) in [7, 11) is 0. The average molecular weight is 454 g/mol. The van der Waals surface area contributed by atoms with Gasteiger partial charge in [0, 0.05) is 24.5 Å². The van der Waals surface area contributed by atoms with Gasteiger partial charge in [0.15, 0.2) is 5.65 Å². The molecule has 1 N–H and O–H groups in total. The largest absolute Gasteiger partial charge is 0.378 e. The van der Waals surface area contributed by atoms with Gasteiger partial charge in [0.05, 0.1) is 41.1 Å². The number of hydrogen-bond donors (Lipinski definition) is 1. The van der Waals surface area contributed by atoms with Gasteiger partial charge in [0.1, 0.15) is 5.82 Å². The van der Waals surface area contributed by atoms with Crippen LogP contribution < -0.4 is 10.2 Å². The van der Waals surface area contributed by atoms with Crippen molar-refractivity contribution in [3.8, 4) is 0 Å². The van der Waals surface area contributed by atoms with Gasteiger partial charge < -0.3 is 15.0 Å². The molecule has 1 saturated heterocycles. The van der Waals surface area contributed by atoms with Gasteiger partial charge in [-0.2, -0.15) is 5.10 Å². The number of hydrogen-bond acceptors (Lipinski definition) is 5. The molecule has 1 aromatic carbocycles. The molecule has 176 valence electrons. The summed E-state index contributed by atoms with van der Waals surface area (Å²) in [5.74, 6) is -0.539. The maximum Gasteiger partial charge on any atom is 0.256 e. The topological polar surface area (TPSA) is 72.3 Å². The van der Waals surface area contributed by atoms with Crippen molar-refractivity contribution in [2.45, 2.75) is 53.0 Å². The molecule has 1 aliphatic heterocycles. The molecule has 1 amide bonds. The van der Waals surface area contributed by atoms with Gasteiger partial charge in [-0.15, -0.1) is 0 Å². The quantitative estimate of drug-likeness (QED) is 0.612. The molecule has 8 heteroatoms. The number of aromatic nitrogens is 3. The van der Waals surface area contributed by atoms with Crippen molar-refractivity contribution in [2.24, 2.45) is 0 Å². The predicted octanol–water partition coefficient (Wildman–Crippen LogP) is 4.85. The van der Waals surface area contributed by atoms with Gasteiger partial charge in [-0.25, -0.2) is 14.1 Å². The number of nitrogens with zero attached hydrogens (tertiary/aromatic N) is 4. The Labute approximate surface area is 193 Å². The van der Waals surface area contributed by atoms with Crippen molar-refractivity contribution in [2.75, 3.05) is 36.5 Å². The number of pyridine rings is 1. The van der Waals surface area contributed by atoms with Crippen LogP contribution in [0.2, 0.25) is 0 Å². The molecule has 0 radical (unpaired) electrons. The second-order valence-electron chi connectivity index (χ2n) is 9.84. The predicted molar refractivity (Wildman–Crippen MR) is 129 cm³/mol. The number of carbonyl (C=O) groups excluding carboxylic acids is 1. The molecule has 0 atom stereocenters. The van der Waals surface area contributed by atoms with E-state index in [4.69, 9.17) is 9.72 Å². The Kier molecular flexibility index (Phi) is 6.14. The van der Waals surface area contributed by atoms with E-state index in [-0.39, 0.29) is 23.2 Å². The Morgan fingerprint density at radius 3 is 2.48 bits per heavy atom. The SMILES string of the molecule is Cc1nn(C(C)(C)C)c2nc(C(C)C)cc(C(=O)Nc3ccc(N4CCOCC4)c(F)c3)c12. The molecule has 1 fully saturated rings. The smallest absolute Gasteiger partial charge is 0.256 e. The third-order valence-corrected chi connectivity index (χ3v) is 5.86. The number of fused-ring (bicyclic) bond motifs is 1. The summed E-state index contributed by atoms with van der Waals surface area (Å²) in [6.07, 6.45) is 0. The Bertz CT molecular complexity index is 1190. The summed E-state index contributed by atoms with van der Waals surface area (Å²) in [4.78, 5) is 20.2. The van der Waals surface area contributed by atoms with E-state index in [2.05, 4.69) is 31.2 Å². The Morgan fingerprint density at radius 2 is 1.88 bits per heavy atom. The van der Waals surface area contributed by atoms with E-state index in [0.717, 1.165) is 16.8 Å². The van der Waals surface area contributed by atoms with Crippen LogP contribution >= 0.6 is 0 Å². The average Bonchev–Trinajstić information content (AvgIpc) is 3.11. The van der Waals surface area contributed by atoms with Crippen molar-refractivity contribution < 1.29 is 13.9 Å². The molecule has 33 heavy (non-hydrogen) atoms. The summed E-state index contributed by atoms with van der Waals surface area (Å²) in [6.45, 7) is 14.6. The molecule has 0 saturated carbocycles. The van der Waals surface area contributed by atoms with E-state index in [1.807, 2.05) is 36.4 Å². The van der Waals surface area contributed by atoms with Crippen LogP contribution in [-0.4, -0.2) is 47.0 Å². The molecular weight excluding hydrogens is 421 g/mol. The van der Waals surface area contributed by atoms with Crippen LogP contribution in [-0.2, 0) is 10.3 Å². The van der Waals surface area contributed by atoms with Crippen LogP contribution in [0.15, 0.2) is 24.3 Å². The van der Waals surface area contributed by atoms with Crippen LogP contribution in [0.5, 0.6) is 0 Å². The third-order valence-electron chi connectivity index (χ3n) is 5.86. The van der Waals surface area contributed by atoms with Crippen molar-refractivity contribution in [1.82, 2.24) is 14.8 Å². The highest BCUT2D eigenvalue weighted by Crippen LogP contribution is 2.30. The monoisotopic (exact) mass is 453 g/mol. The molecule has 1 aliphatic rings. The molecule has 3 heterocycles. The van der Waals surface area contributed by atoms with E-state index in [1.165, 1.54) is 6.07 Å². The number of aryl methyl sites for hydroxylation is 1. The third kappa shape index (κ3) is 4.57. The van der Waals surface area contributed by atoms with Gasteiger partial charge in [-0.3, -0.25) is 4.79 Å². The van der Waals surface area contributed by atoms with E-state index < -0.39 is 0 Å². The molecule has 2 aromatic heterocycles. The lowest BCUT2D eigenvalue weighted by Gasteiger charge is -2.29. The summed E-state index contributed by atoms with van der Waals surface area (Å²) < 4.78 is 22.1. The number of morpholine rings is 1. The minimum absolute atomic E-state index is 0.134.